The molecule has 7 nitrogen and oxygen atoms in total. The van der Waals surface area contributed by atoms with Crippen LogP contribution in [-0.2, 0) is 0 Å². The number of carbonyl (C=O) groups is 2. The molecular weight excluding hydrogens is 238 g/mol. The van der Waals surface area contributed by atoms with E-state index in [-0.39, 0.29) is 29.8 Å². The predicted octanol–water partition coefficient (Wildman–Crippen LogP) is -0.0476. The van der Waals surface area contributed by atoms with Crippen molar-refractivity contribution in [1.82, 2.24) is 14.9 Å². The number of likely N-dealkylation sites (tertiary alicyclic amines) is 1. The van der Waals surface area contributed by atoms with Crippen molar-refractivity contribution < 1.29 is 19.8 Å². The zero-order chi connectivity index (χ0) is 13.1. The Morgan fingerprint density at radius 2 is 2.11 bits per heavy atom. The van der Waals surface area contributed by atoms with Gasteiger partial charge in [0.1, 0.15) is 0 Å². The Balaban J connectivity index is 2.08. The summed E-state index contributed by atoms with van der Waals surface area (Å²) in [6.07, 6.45) is 2.67. The second-order valence-corrected chi connectivity index (χ2v) is 4.35. The van der Waals surface area contributed by atoms with Crippen molar-refractivity contribution in [3.63, 3.8) is 0 Å². The first kappa shape index (κ1) is 12.6. The lowest BCUT2D eigenvalue weighted by molar-refractivity contribution is 0.0621. The van der Waals surface area contributed by atoms with Gasteiger partial charge in [-0.2, -0.15) is 0 Å². The zero-order valence-corrected chi connectivity index (χ0v) is 9.80. The summed E-state index contributed by atoms with van der Waals surface area (Å²) in [5.74, 6) is -1.33. The van der Waals surface area contributed by atoms with E-state index in [0.29, 0.717) is 13.1 Å². The highest BCUT2D eigenvalue weighted by molar-refractivity contribution is 6.02. The number of nitrogens with one attached hydrogen (secondary N) is 1. The first-order chi connectivity index (χ1) is 8.63. The number of carbonyl (C=O) groups excluding carboxylic acids is 1. The van der Waals surface area contributed by atoms with E-state index in [4.69, 9.17) is 10.2 Å². The maximum absolute atomic E-state index is 12.1. The van der Waals surface area contributed by atoms with Crippen LogP contribution < -0.4 is 0 Å². The van der Waals surface area contributed by atoms with Crippen LogP contribution in [0.5, 0.6) is 0 Å². The van der Waals surface area contributed by atoms with Crippen LogP contribution in [0.2, 0.25) is 0 Å². The number of H-pyrrole nitrogens is 1. The third-order valence-corrected chi connectivity index (χ3v) is 3.22. The minimum Gasteiger partial charge on any atom is -0.477 e. The second kappa shape index (κ2) is 5.18. The average molecular weight is 253 g/mol. The number of nitrogens with zero attached hydrogens (tertiary/aromatic N) is 2. The number of carboxylic acid groups (broad SMARTS) is 1. The molecule has 0 bridgehead atoms. The Bertz CT molecular complexity index is 449. The van der Waals surface area contributed by atoms with Gasteiger partial charge in [-0.1, -0.05) is 0 Å². The lowest BCUT2D eigenvalue weighted by atomic mass is 9.97. The van der Waals surface area contributed by atoms with Gasteiger partial charge in [-0.25, -0.2) is 9.78 Å². The summed E-state index contributed by atoms with van der Waals surface area (Å²) in [6, 6.07) is 0. The van der Waals surface area contributed by atoms with Crippen LogP contribution in [-0.4, -0.2) is 56.7 Å². The van der Waals surface area contributed by atoms with E-state index in [0.717, 1.165) is 12.8 Å². The number of aromatic nitrogens is 2. The van der Waals surface area contributed by atoms with Crippen LogP contribution in [0, 0.1) is 5.92 Å². The molecule has 2 heterocycles. The topological polar surface area (TPSA) is 107 Å². The number of aliphatic hydroxyl groups is 1. The molecule has 1 amide bonds. The van der Waals surface area contributed by atoms with Crippen molar-refractivity contribution in [2.75, 3.05) is 19.7 Å². The van der Waals surface area contributed by atoms with Gasteiger partial charge in [-0.3, -0.25) is 4.79 Å². The highest BCUT2D eigenvalue weighted by atomic mass is 16.4. The average Bonchev–Trinajstić information content (AvgIpc) is 2.87. The fourth-order valence-electron chi connectivity index (χ4n) is 2.09. The van der Waals surface area contributed by atoms with Gasteiger partial charge in [-0.05, 0) is 18.8 Å². The van der Waals surface area contributed by atoms with Gasteiger partial charge in [-0.15, -0.1) is 0 Å². The quantitative estimate of drug-likeness (QED) is 0.700. The van der Waals surface area contributed by atoms with Gasteiger partial charge < -0.3 is 20.1 Å². The molecule has 1 aromatic heterocycles. The van der Waals surface area contributed by atoms with Crippen LogP contribution in [0.25, 0.3) is 0 Å². The van der Waals surface area contributed by atoms with E-state index in [1.54, 1.807) is 4.90 Å². The third-order valence-electron chi connectivity index (χ3n) is 3.22. The Hall–Kier alpha value is -1.89. The van der Waals surface area contributed by atoms with E-state index in [1.807, 2.05) is 0 Å². The largest absolute Gasteiger partial charge is 0.477 e. The van der Waals surface area contributed by atoms with E-state index in [1.165, 1.54) is 6.33 Å². The summed E-state index contributed by atoms with van der Waals surface area (Å²) in [5.41, 5.74) is -0.228. The Kier molecular flexibility index (Phi) is 3.61. The second-order valence-electron chi connectivity index (χ2n) is 4.35. The number of hydrogen-bond acceptors (Lipinski definition) is 4. The van der Waals surface area contributed by atoms with Gasteiger partial charge in [0.2, 0.25) is 0 Å². The fraction of sp³-hybridized carbons (Fsp3) is 0.545. The Morgan fingerprint density at radius 3 is 2.67 bits per heavy atom. The molecule has 0 unspecified atom stereocenters. The predicted molar refractivity (Wildman–Crippen MR) is 61.3 cm³/mol. The number of piperidine rings is 1. The zero-order valence-electron chi connectivity index (χ0n) is 9.80. The molecular formula is C11H15N3O4. The highest BCUT2D eigenvalue weighted by Gasteiger charge is 2.27. The molecule has 3 N–H and O–H groups in total. The number of imidazole rings is 1. The van der Waals surface area contributed by atoms with Crippen LogP contribution >= 0.6 is 0 Å². The summed E-state index contributed by atoms with van der Waals surface area (Å²) in [7, 11) is 0. The van der Waals surface area contributed by atoms with E-state index in [2.05, 4.69) is 9.97 Å². The number of carboxylic acids is 1. The van der Waals surface area contributed by atoms with Crippen molar-refractivity contribution in [2.45, 2.75) is 12.8 Å². The third kappa shape index (κ3) is 2.35. The molecule has 1 aliphatic rings. The van der Waals surface area contributed by atoms with Crippen molar-refractivity contribution in [1.29, 1.82) is 0 Å². The van der Waals surface area contributed by atoms with Crippen LogP contribution in [0.1, 0.15) is 33.8 Å². The monoisotopic (exact) mass is 253 g/mol. The summed E-state index contributed by atoms with van der Waals surface area (Å²) in [4.78, 5) is 30.8. The molecule has 0 aromatic carbocycles. The minimum absolute atomic E-state index is 0.0510. The van der Waals surface area contributed by atoms with Crippen LogP contribution in [0.4, 0.5) is 0 Å². The number of aliphatic hydroxyl groups excluding tert-OH is 1. The number of rotatable bonds is 3. The van der Waals surface area contributed by atoms with Crippen LogP contribution in [0.15, 0.2) is 6.33 Å². The maximum Gasteiger partial charge on any atom is 0.354 e. The smallest absolute Gasteiger partial charge is 0.354 e. The van der Waals surface area contributed by atoms with Crippen molar-refractivity contribution in [3.05, 3.63) is 17.7 Å². The number of hydrogen-bond donors (Lipinski definition) is 3. The Labute approximate surface area is 103 Å². The molecule has 2 rings (SSSR count). The summed E-state index contributed by atoms with van der Waals surface area (Å²) >= 11 is 0. The first-order valence-electron chi connectivity index (χ1n) is 5.80. The number of amides is 1. The highest BCUT2D eigenvalue weighted by Crippen LogP contribution is 2.18. The molecule has 1 fully saturated rings. The molecule has 1 saturated heterocycles. The number of aromatic carboxylic acids is 1. The van der Waals surface area contributed by atoms with Crippen molar-refractivity contribution >= 4 is 11.9 Å². The number of aromatic amines is 1. The normalized spacial score (nSPS) is 16.8. The standard InChI is InChI=1S/C11H15N3O4/c15-5-7-1-3-14(4-2-7)10(16)8-9(11(17)18)13-6-12-8/h6-7,15H,1-5H2,(H,12,13)(H,17,18). The Morgan fingerprint density at radius 1 is 1.44 bits per heavy atom. The lowest BCUT2D eigenvalue weighted by Gasteiger charge is -2.30. The van der Waals surface area contributed by atoms with E-state index in [9.17, 15) is 9.59 Å². The van der Waals surface area contributed by atoms with Gasteiger partial charge >= 0.3 is 5.97 Å². The molecule has 1 aliphatic heterocycles. The van der Waals surface area contributed by atoms with Crippen molar-refractivity contribution in [3.8, 4) is 0 Å². The molecule has 0 saturated carbocycles. The molecule has 98 valence electrons. The van der Waals surface area contributed by atoms with Crippen LogP contribution in [0.3, 0.4) is 0 Å². The molecule has 18 heavy (non-hydrogen) atoms. The van der Waals surface area contributed by atoms with Gasteiger partial charge in [0.15, 0.2) is 11.4 Å². The summed E-state index contributed by atoms with van der Waals surface area (Å²) in [6.45, 7) is 1.18. The van der Waals surface area contributed by atoms with Gasteiger partial charge in [0, 0.05) is 19.7 Å². The molecule has 7 heteroatoms. The lowest BCUT2D eigenvalue weighted by Crippen LogP contribution is -2.39. The van der Waals surface area contributed by atoms with E-state index >= 15 is 0 Å². The van der Waals surface area contributed by atoms with E-state index < -0.39 is 5.97 Å². The molecule has 0 spiro atoms. The molecule has 0 atom stereocenters. The van der Waals surface area contributed by atoms with Crippen molar-refractivity contribution in [2.24, 2.45) is 5.92 Å². The summed E-state index contributed by atoms with van der Waals surface area (Å²) in [5, 5.41) is 17.9. The molecule has 1 aromatic rings. The SMILES string of the molecule is O=C(O)c1[nH]cnc1C(=O)N1CCC(CO)CC1. The molecule has 0 aliphatic carbocycles. The summed E-state index contributed by atoms with van der Waals surface area (Å²) < 4.78 is 0. The van der Waals surface area contributed by atoms with Gasteiger partial charge in [0.25, 0.3) is 5.91 Å². The van der Waals surface area contributed by atoms with Gasteiger partial charge in [0.05, 0.1) is 6.33 Å². The molecule has 0 radical (unpaired) electrons. The maximum atomic E-state index is 12.1. The minimum atomic E-state index is -1.19. The fourth-order valence-corrected chi connectivity index (χ4v) is 2.09. The first-order valence-corrected chi connectivity index (χ1v) is 5.80.